The molecule has 1 aliphatic rings. The Morgan fingerprint density at radius 1 is 1.26 bits per heavy atom. The Morgan fingerprint density at radius 3 is 2.93 bits per heavy atom. The van der Waals surface area contributed by atoms with Crippen molar-refractivity contribution in [1.29, 1.82) is 0 Å². The lowest BCUT2D eigenvalue weighted by atomic mass is 10.2. The summed E-state index contributed by atoms with van der Waals surface area (Å²) in [6, 6.07) is 13.3. The second kappa shape index (κ2) is 7.94. The van der Waals surface area contributed by atoms with Gasteiger partial charge in [0.15, 0.2) is 5.13 Å². The molecule has 0 saturated carbocycles. The number of morpholine rings is 1. The summed E-state index contributed by atoms with van der Waals surface area (Å²) in [5.41, 5.74) is 2.56. The molecule has 0 unspecified atom stereocenters. The monoisotopic (exact) mass is 383 g/mol. The van der Waals surface area contributed by atoms with Gasteiger partial charge in [0.1, 0.15) is 5.75 Å². The Morgan fingerprint density at radius 2 is 2.11 bits per heavy atom. The number of fused-ring (bicyclic) bond motifs is 1. The van der Waals surface area contributed by atoms with Crippen molar-refractivity contribution < 1.29 is 14.3 Å². The quantitative estimate of drug-likeness (QED) is 0.734. The Labute approximate surface area is 161 Å². The average Bonchev–Trinajstić information content (AvgIpc) is 3.16. The van der Waals surface area contributed by atoms with Crippen molar-refractivity contribution in [3.8, 4) is 5.75 Å². The largest absolute Gasteiger partial charge is 0.497 e. The summed E-state index contributed by atoms with van der Waals surface area (Å²) >= 11 is 1.62. The van der Waals surface area contributed by atoms with E-state index in [-0.39, 0.29) is 5.91 Å². The lowest BCUT2D eigenvalue weighted by molar-refractivity contribution is 0.0951. The van der Waals surface area contributed by atoms with E-state index in [2.05, 4.69) is 10.2 Å². The number of hydrogen-bond acceptors (Lipinski definition) is 6. The van der Waals surface area contributed by atoms with Crippen molar-refractivity contribution in [2.75, 3.05) is 38.3 Å². The summed E-state index contributed by atoms with van der Waals surface area (Å²) in [4.78, 5) is 19.5. The SMILES string of the molecule is COc1cccc(CNC(=O)c2ccc3nc(N4CCOCC4)sc3c2)c1. The Hall–Kier alpha value is -2.64. The fourth-order valence-electron chi connectivity index (χ4n) is 3.01. The zero-order valence-corrected chi connectivity index (χ0v) is 15.9. The van der Waals surface area contributed by atoms with Crippen LogP contribution in [0, 0.1) is 0 Å². The van der Waals surface area contributed by atoms with E-state index in [9.17, 15) is 4.79 Å². The van der Waals surface area contributed by atoms with Gasteiger partial charge in [-0.25, -0.2) is 4.98 Å². The third kappa shape index (κ3) is 4.04. The van der Waals surface area contributed by atoms with E-state index in [1.165, 1.54) is 0 Å². The van der Waals surface area contributed by atoms with E-state index in [0.717, 1.165) is 53.0 Å². The van der Waals surface area contributed by atoms with Gasteiger partial charge >= 0.3 is 0 Å². The third-order valence-electron chi connectivity index (χ3n) is 4.51. The molecule has 3 aromatic rings. The smallest absolute Gasteiger partial charge is 0.251 e. The fraction of sp³-hybridized carbons (Fsp3) is 0.300. The lowest BCUT2D eigenvalue weighted by Gasteiger charge is -2.25. The first kappa shape index (κ1) is 17.8. The van der Waals surface area contributed by atoms with Gasteiger partial charge in [0.05, 0.1) is 30.5 Å². The number of amides is 1. The summed E-state index contributed by atoms with van der Waals surface area (Å²) in [6.45, 7) is 3.62. The molecule has 6 nitrogen and oxygen atoms in total. The van der Waals surface area contributed by atoms with Crippen molar-refractivity contribution in [3.05, 3.63) is 53.6 Å². The number of hydrogen-bond donors (Lipinski definition) is 1. The molecule has 1 aromatic heterocycles. The number of rotatable bonds is 5. The molecule has 0 aliphatic carbocycles. The molecule has 0 bridgehead atoms. The maximum Gasteiger partial charge on any atom is 0.251 e. The average molecular weight is 383 g/mol. The number of thiazole rings is 1. The van der Waals surface area contributed by atoms with Crippen LogP contribution in [-0.4, -0.2) is 44.3 Å². The number of carbonyl (C=O) groups excluding carboxylic acids is 1. The van der Waals surface area contributed by atoms with Gasteiger partial charge in [0.2, 0.25) is 0 Å². The van der Waals surface area contributed by atoms with E-state index >= 15 is 0 Å². The third-order valence-corrected chi connectivity index (χ3v) is 5.59. The van der Waals surface area contributed by atoms with Crippen molar-refractivity contribution in [1.82, 2.24) is 10.3 Å². The van der Waals surface area contributed by atoms with Crippen molar-refractivity contribution in [2.45, 2.75) is 6.54 Å². The van der Waals surface area contributed by atoms with Gasteiger partial charge in [0.25, 0.3) is 5.91 Å². The molecule has 1 fully saturated rings. The van der Waals surface area contributed by atoms with Crippen LogP contribution in [0.1, 0.15) is 15.9 Å². The minimum atomic E-state index is -0.0963. The summed E-state index contributed by atoms with van der Waals surface area (Å²) in [7, 11) is 1.63. The lowest BCUT2D eigenvalue weighted by Crippen LogP contribution is -2.36. The van der Waals surface area contributed by atoms with Crippen LogP contribution in [0.3, 0.4) is 0 Å². The molecule has 1 saturated heterocycles. The first-order valence-electron chi connectivity index (χ1n) is 8.87. The number of nitrogens with zero attached hydrogens (tertiary/aromatic N) is 2. The maximum atomic E-state index is 12.5. The number of benzene rings is 2. The predicted molar refractivity (Wildman–Crippen MR) is 107 cm³/mol. The van der Waals surface area contributed by atoms with Crippen LogP contribution in [0.25, 0.3) is 10.2 Å². The van der Waals surface area contributed by atoms with Crippen LogP contribution in [-0.2, 0) is 11.3 Å². The number of anilines is 1. The Balaban J connectivity index is 1.46. The molecule has 1 aliphatic heterocycles. The Bertz CT molecular complexity index is 951. The second-order valence-electron chi connectivity index (χ2n) is 6.31. The molecule has 2 aromatic carbocycles. The molecule has 4 rings (SSSR count). The summed E-state index contributed by atoms with van der Waals surface area (Å²) in [5.74, 6) is 0.685. The molecule has 0 spiro atoms. The van der Waals surface area contributed by atoms with Crippen LogP contribution in [0.2, 0.25) is 0 Å². The highest BCUT2D eigenvalue weighted by Gasteiger charge is 2.16. The molecule has 1 N–H and O–H groups in total. The van der Waals surface area contributed by atoms with Gasteiger partial charge < -0.3 is 19.7 Å². The number of nitrogens with one attached hydrogen (secondary N) is 1. The summed E-state index contributed by atoms with van der Waals surface area (Å²) < 4.78 is 11.6. The minimum absolute atomic E-state index is 0.0963. The molecule has 2 heterocycles. The molecule has 0 radical (unpaired) electrons. The van der Waals surface area contributed by atoms with E-state index in [0.29, 0.717) is 12.1 Å². The molecule has 140 valence electrons. The number of methoxy groups -OCH3 is 1. The van der Waals surface area contributed by atoms with Crippen LogP contribution in [0.15, 0.2) is 42.5 Å². The predicted octanol–water partition coefficient (Wildman–Crippen LogP) is 3.07. The maximum absolute atomic E-state index is 12.5. The molecule has 1 amide bonds. The van der Waals surface area contributed by atoms with Crippen molar-refractivity contribution in [3.63, 3.8) is 0 Å². The van der Waals surface area contributed by atoms with Gasteiger partial charge in [-0.2, -0.15) is 0 Å². The molecular formula is C20H21N3O3S. The Kier molecular flexibility index (Phi) is 5.22. The van der Waals surface area contributed by atoms with E-state index in [4.69, 9.17) is 14.5 Å². The standard InChI is InChI=1S/C20H21N3O3S/c1-25-16-4-2-3-14(11-16)13-21-19(24)15-5-6-17-18(12-15)27-20(22-17)23-7-9-26-10-8-23/h2-6,11-12H,7-10,13H2,1H3,(H,21,24). The van der Waals surface area contributed by atoms with Crippen molar-refractivity contribution in [2.24, 2.45) is 0 Å². The highest BCUT2D eigenvalue weighted by molar-refractivity contribution is 7.22. The first-order valence-corrected chi connectivity index (χ1v) is 9.69. The van der Waals surface area contributed by atoms with Crippen LogP contribution in [0.4, 0.5) is 5.13 Å². The van der Waals surface area contributed by atoms with Gasteiger partial charge in [-0.15, -0.1) is 0 Å². The van der Waals surface area contributed by atoms with Gasteiger partial charge in [0, 0.05) is 25.2 Å². The normalized spacial score (nSPS) is 14.3. The summed E-state index contributed by atoms with van der Waals surface area (Å²) in [6.07, 6.45) is 0. The second-order valence-corrected chi connectivity index (χ2v) is 7.32. The van der Waals surface area contributed by atoms with E-state index < -0.39 is 0 Å². The van der Waals surface area contributed by atoms with Gasteiger partial charge in [-0.1, -0.05) is 23.5 Å². The van der Waals surface area contributed by atoms with Gasteiger partial charge in [-0.05, 0) is 35.9 Å². The van der Waals surface area contributed by atoms with E-state index in [1.807, 2.05) is 42.5 Å². The van der Waals surface area contributed by atoms with Crippen LogP contribution >= 0.6 is 11.3 Å². The highest BCUT2D eigenvalue weighted by Crippen LogP contribution is 2.30. The number of aromatic nitrogens is 1. The summed E-state index contributed by atoms with van der Waals surface area (Å²) in [5, 5.41) is 3.95. The number of ether oxygens (including phenoxy) is 2. The molecule has 27 heavy (non-hydrogen) atoms. The van der Waals surface area contributed by atoms with Crippen LogP contribution < -0.4 is 15.0 Å². The van der Waals surface area contributed by atoms with E-state index in [1.54, 1.807) is 18.4 Å². The van der Waals surface area contributed by atoms with Gasteiger partial charge in [-0.3, -0.25) is 4.79 Å². The molecular weight excluding hydrogens is 362 g/mol. The first-order chi connectivity index (χ1) is 13.2. The highest BCUT2D eigenvalue weighted by atomic mass is 32.1. The zero-order chi connectivity index (χ0) is 18.6. The number of carbonyl (C=O) groups is 1. The molecule has 7 heteroatoms. The van der Waals surface area contributed by atoms with Crippen molar-refractivity contribution >= 4 is 32.6 Å². The molecule has 0 atom stereocenters. The topological polar surface area (TPSA) is 63.7 Å². The zero-order valence-electron chi connectivity index (χ0n) is 15.1. The van der Waals surface area contributed by atoms with Crippen LogP contribution in [0.5, 0.6) is 5.75 Å². The minimum Gasteiger partial charge on any atom is -0.497 e. The fourth-order valence-corrected chi connectivity index (χ4v) is 4.07.